The van der Waals surface area contributed by atoms with E-state index in [1.165, 1.54) is 7.11 Å². The lowest BCUT2D eigenvalue weighted by atomic mass is 10.0. The van der Waals surface area contributed by atoms with Crippen molar-refractivity contribution in [2.45, 2.75) is 46.8 Å². The Balaban J connectivity index is 1.75. The third-order valence-electron chi connectivity index (χ3n) is 5.48. The molecule has 0 saturated heterocycles. The summed E-state index contributed by atoms with van der Waals surface area (Å²) in [6, 6.07) is 10.1. The molecule has 9 nitrogen and oxygen atoms in total. The number of nitrogens with zero attached hydrogens (tertiary/aromatic N) is 1. The van der Waals surface area contributed by atoms with Gasteiger partial charge in [-0.2, -0.15) is 0 Å². The zero-order valence-electron chi connectivity index (χ0n) is 20.5. The van der Waals surface area contributed by atoms with E-state index in [9.17, 15) is 14.4 Å². The van der Waals surface area contributed by atoms with Crippen LogP contribution in [0.3, 0.4) is 0 Å². The highest BCUT2D eigenvalue weighted by atomic mass is 16.5. The number of ether oxygens (including phenoxy) is 3. The normalized spacial score (nSPS) is 11.8. The summed E-state index contributed by atoms with van der Waals surface area (Å²) in [5, 5.41) is 8.18. The van der Waals surface area contributed by atoms with Crippen LogP contribution in [0.25, 0.3) is 10.8 Å². The van der Waals surface area contributed by atoms with Gasteiger partial charge in [0.15, 0.2) is 6.61 Å². The van der Waals surface area contributed by atoms with E-state index in [1.54, 1.807) is 19.1 Å². The average Bonchev–Trinajstić information content (AvgIpc) is 3.16. The molecule has 0 aliphatic carbocycles. The van der Waals surface area contributed by atoms with E-state index in [0.717, 1.165) is 16.3 Å². The largest absolute Gasteiger partial charge is 0.488 e. The zero-order chi connectivity index (χ0) is 25.5. The van der Waals surface area contributed by atoms with Crippen LogP contribution in [0.1, 0.15) is 47.6 Å². The van der Waals surface area contributed by atoms with Crippen molar-refractivity contribution >= 4 is 28.6 Å². The number of benzene rings is 2. The fraction of sp³-hybridized carbons (Fsp3) is 0.385. The van der Waals surface area contributed by atoms with Gasteiger partial charge < -0.3 is 24.1 Å². The first-order valence-electron chi connectivity index (χ1n) is 11.3. The van der Waals surface area contributed by atoms with Crippen molar-refractivity contribution in [2.24, 2.45) is 5.92 Å². The number of esters is 2. The van der Waals surface area contributed by atoms with Crippen molar-refractivity contribution in [1.82, 2.24) is 10.5 Å². The standard InChI is InChI=1S/C26H30N2O7/c1-15(2)10-22(26(31)32-5)27-24(29)14-34-25(30)20-11-18-8-6-7-9-19(18)12-23(20)33-13-21-16(3)28-35-17(21)4/h6-9,11-12,15,22H,10,13-14H2,1-5H3,(H,27,29). The van der Waals surface area contributed by atoms with Crippen LogP contribution in [-0.2, 0) is 25.7 Å². The molecule has 0 spiro atoms. The molecule has 1 aromatic heterocycles. The first kappa shape index (κ1) is 25.7. The lowest BCUT2D eigenvalue weighted by Crippen LogP contribution is -2.44. The minimum Gasteiger partial charge on any atom is -0.488 e. The number of hydrogen-bond acceptors (Lipinski definition) is 8. The molecule has 0 saturated carbocycles. The minimum absolute atomic E-state index is 0.149. The van der Waals surface area contributed by atoms with Gasteiger partial charge in [0.25, 0.3) is 5.91 Å². The molecule has 1 heterocycles. The van der Waals surface area contributed by atoms with Gasteiger partial charge in [-0.3, -0.25) is 4.79 Å². The molecule has 1 amide bonds. The molecule has 0 radical (unpaired) electrons. The predicted molar refractivity (Wildman–Crippen MR) is 128 cm³/mol. The van der Waals surface area contributed by atoms with Crippen LogP contribution in [0.2, 0.25) is 0 Å². The van der Waals surface area contributed by atoms with E-state index in [4.69, 9.17) is 18.7 Å². The summed E-state index contributed by atoms with van der Waals surface area (Å²) in [6.07, 6.45) is 0.400. The molecule has 35 heavy (non-hydrogen) atoms. The highest BCUT2D eigenvalue weighted by Crippen LogP contribution is 2.28. The number of methoxy groups -OCH3 is 1. The van der Waals surface area contributed by atoms with Gasteiger partial charge in [0, 0.05) is 0 Å². The average molecular weight is 483 g/mol. The molecule has 0 aliphatic rings. The molecule has 2 aromatic carbocycles. The quantitative estimate of drug-likeness (QED) is 0.433. The molecule has 1 N–H and O–H groups in total. The van der Waals surface area contributed by atoms with E-state index in [-0.39, 0.29) is 18.1 Å². The van der Waals surface area contributed by atoms with Gasteiger partial charge in [-0.1, -0.05) is 43.3 Å². The van der Waals surface area contributed by atoms with Crippen LogP contribution in [0, 0.1) is 19.8 Å². The van der Waals surface area contributed by atoms with Gasteiger partial charge in [-0.05, 0) is 49.1 Å². The molecule has 3 rings (SSSR count). The number of carbonyl (C=O) groups is 3. The molecular weight excluding hydrogens is 452 g/mol. The van der Waals surface area contributed by atoms with Gasteiger partial charge in [-0.15, -0.1) is 0 Å². The SMILES string of the molecule is COC(=O)C(CC(C)C)NC(=O)COC(=O)c1cc2ccccc2cc1OCc1c(C)noc1C. The lowest BCUT2D eigenvalue weighted by Gasteiger charge is -2.18. The van der Waals surface area contributed by atoms with Gasteiger partial charge in [0.1, 0.15) is 29.7 Å². The number of aromatic nitrogens is 1. The van der Waals surface area contributed by atoms with Crippen molar-refractivity contribution in [3.63, 3.8) is 0 Å². The summed E-state index contributed by atoms with van der Waals surface area (Å²) in [7, 11) is 1.26. The monoisotopic (exact) mass is 482 g/mol. The summed E-state index contributed by atoms with van der Waals surface area (Å²) in [5.74, 6) is -0.793. The van der Waals surface area contributed by atoms with Crippen molar-refractivity contribution < 1.29 is 33.1 Å². The van der Waals surface area contributed by atoms with E-state index < -0.39 is 30.5 Å². The van der Waals surface area contributed by atoms with Crippen molar-refractivity contribution in [3.05, 3.63) is 59.0 Å². The number of amides is 1. The molecule has 186 valence electrons. The number of fused-ring (bicyclic) bond motifs is 1. The number of carbonyl (C=O) groups excluding carboxylic acids is 3. The Labute approximate surface area is 203 Å². The third-order valence-corrected chi connectivity index (χ3v) is 5.48. The maximum Gasteiger partial charge on any atom is 0.342 e. The maximum atomic E-state index is 13.0. The summed E-state index contributed by atoms with van der Waals surface area (Å²) in [4.78, 5) is 37.3. The molecule has 1 unspecified atom stereocenters. The molecular formula is C26H30N2O7. The Kier molecular flexibility index (Phi) is 8.46. The van der Waals surface area contributed by atoms with Crippen LogP contribution < -0.4 is 10.1 Å². The Morgan fingerprint density at radius 3 is 2.37 bits per heavy atom. The number of aryl methyl sites for hydroxylation is 2. The van der Waals surface area contributed by atoms with Gasteiger partial charge in [-0.25, -0.2) is 9.59 Å². The fourth-order valence-corrected chi connectivity index (χ4v) is 3.63. The number of nitrogens with one attached hydrogen (secondary N) is 1. The van der Waals surface area contributed by atoms with E-state index in [0.29, 0.717) is 23.6 Å². The Bertz CT molecular complexity index is 1200. The molecule has 0 aliphatic heterocycles. The Morgan fingerprint density at radius 2 is 1.77 bits per heavy atom. The first-order valence-corrected chi connectivity index (χ1v) is 11.3. The van der Waals surface area contributed by atoms with E-state index in [1.807, 2.05) is 45.0 Å². The smallest absolute Gasteiger partial charge is 0.342 e. The summed E-state index contributed by atoms with van der Waals surface area (Å²) < 4.78 is 21.2. The highest BCUT2D eigenvalue weighted by molar-refractivity contribution is 5.99. The van der Waals surface area contributed by atoms with Crippen LogP contribution in [0.5, 0.6) is 5.75 Å². The maximum absolute atomic E-state index is 13.0. The zero-order valence-corrected chi connectivity index (χ0v) is 20.5. The van der Waals surface area contributed by atoms with Gasteiger partial charge in [0.05, 0.1) is 18.4 Å². The number of rotatable bonds is 10. The Hall–Kier alpha value is -3.88. The molecule has 0 fully saturated rings. The van der Waals surface area contributed by atoms with Crippen molar-refractivity contribution in [3.8, 4) is 5.75 Å². The molecule has 1 atom stereocenters. The second kappa shape index (κ2) is 11.5. The van der Waals surface area contributed by atoms with Crippen molar-refractivity contribution in [2.75, 3.05) is 13.7 Å². The predicted octanol–water partition coefficient (Wildman–Crippen LogP) is 3.88. The molecule has 0 bridgehead atoms. The van der Waals surface area contributed by atoms with Crippen LogP contribution in [-0.4, -0.2) is 42.8 Å². The third kappa shape index (κ3) is 6.59. The minimum atomic E-state index is -0.819. The van der Waals surface area contributed by atoms with Crippen LogP contribution in [0.4, 0.5) is 0 Å². The second-order valence-corrected chi connectivity index (χ2v) is 8.64. The molecule has 9 heteroatoms. The van der Waals surface area contributed by atoms with E-state index in [2.05, 4.69) is 10.5 Å². The van der Waals surface area contributed by atoms with Gasteiger partial charge >= 0.3 is 11.9 Å². The summed E-state index contributed by atoms with van der Waals surface area (Å²) in [5.41, 5.74) is 1.66. The van der Waals surface area contributed by atoms with E-state index >= 15 is 0 Å². The van der Waals surface area contributed by atoms with Crippen LogP contribution in [0.15, 0.2) is 40.9 Å². The lowest BCUT2D eigenvalue weighted by molar-refractivity contribution is -0.145. The summed E-state index contributed by atoms with van der Waals surface area (Å²) in [6.45, 7) is 7.03. The topological polar surface area (TPSA) is 117 Å². The van der Waals surface area contributed by atoms with Gasteiger partial charge in [0.2, 0.25) is 0 Å². The number of hydrogen-bond donors (Lipinski definition) is 1. The van der Waals surface area contributed by atoms with Crippen LogP contribution >= 0.6 is 0 Å². The Morgan fingerprint density at radius 1 is 1.09 bits per heavy atom. The fourth-order valence-electron chi connectivity index (χ4n) is 3.63. The van der Waals surface area contributed by atoms with Crippen molar-refractivity contribution in [1.29, 1.82) is 0 Å². The molecule has 3 aromatic rings. The second-order valence-electron chi connectivity index (χ2n) is 8.64. The summed E-state index contributed by atoms with van der Waals surface area (Å²) >= 11 is 0. The highest BCUT2D eigenvalue weighted by Gasteiger charge is 2.24. The first-order chi connectivity index (χ1) is 16.7.